The molecule has 0 aromatic heterocycles. The summed E-state index contributed by atoms with van der Waals surface area (Å²) in [7, 11) is -2.16. The standard InChI is InChI=1S/C18H18FN3O3S/c1-22(13-15-4-2-14(12-20)3-5-15)18(23)10-11-21-26(24,25)17-8-6-16(19)7-9-17/h2-9,21H,10-11,13H2,1H3. The first-order valence-corrected chi connectivity index (χ1v) is 9.28. The number of amides is 1. The molecule has 26 heavy (non-hydrogen) atoms. The summed E-state index contributed by atoms with van der Waals surface area (Å²) in [5.74, 6) is -0.750. The van der Waals surface area contributed by atoms with Crippen molar-refractivity contribution < 1.29 is 17.6 Å². The van der Waals surface area contributed by atoms with Gasteiger partial charge >= 0.3 is 0 Å². The number of carbonyl (C=O) groups is 1. The summed E-state index contributed by atoms with van der Waals surface area (Å²) in [6.07, 6.45) is -0.00674. The van der Waals surface area contributed by atoms with E-state index < -0.39 is 15.8 Å². The van der Waals surface area contributed by atoms with Crippen molar-refractivity contribution in [3.05, 3.63) is 65.5 Å². The Hall–Kier alpha value is -2.76. The molecular weight excluding hydrogens is 357 g/mol. The third-order valence-corrected chi connectivity index (χ3v) is 5.16. The molecule has 0 unspecified atom stereocenters. The number of halogens is 1. The summed E-state index contributed by atoms with van der Waals surface area (Å²) in [5, 5.41) is 8.77. The van der Waals surface area contributed by atoms with Crippen molar-refractivity contribution in [2.45, 2.75) is 17.9 Å². The monoisotopic (exact) mass is 375 g/mol. The van der Waals surface area contributed by atoms with Gasteiger partial charge in [-0.05, 0) is 42.0 Å². The van der Waals surface area contributed by atoms with Gasteiger partial charge < -0.3 is 4.90 Å². The van der Waals surface area contributed by atoms with Crippen LogP contribution in [0.2, 0.25) is 0 Å². The molecule has 0 radical (unpaired) electrons. The molecule has 136 valence electrons. The number of rotatable bonds is 7. The second-order valence-electron chi connectivity index (χ2n) is 5.66. The van der Waals surface area contributed by atoms with Gasteiger partial charge in [0.1, 0.15) is 5.82 Å². The first kappa shape index (κ1) is 19.6. The van der Waals surface area contributed by atoms with Crippen LogP contribution >= 0.6 is 0 Å². The number of nitrogens with one attached hydrogen (secondary N) is 1. The largest absolute Gasteiger partial charge is 0.341 e. The molecule has 0 bridgehead atoms. The minimum absolute atomic E-state index is 0.00674. The van der Waals surface area contributed by atoms with Gasteiger partial charge in [0.2, 0.25) is 15.9 Å². The highest BCUT2D eigenvalue weighted by atomic mass is 32.2. The Morgan fingerprint density at radius 1 is 1.15 bits per heavy atom. The zero-order valence-corrected chi connectivity index (χ0v) is 15.0. The van der Waals surface area contributed by atoms with Crippen molar-refractivity contribution in [2.75, 3.05) is 13.6 Å². The predicted octanol–water partition coefficient (Wildman–Crippen LogP) is 2.02. The van der Waals surface area contributed by atoms with Crippen molar-refractivity contribution in [3.63, 3.8) is 0 Å². The molecular formula is C18H18FN3O3S. The number of hydrogen-bond donors (Lipinski definition) is 1. The van der Waals surface area contributed by atoms with Gasteiger partial charge in [0.05, 0.1) is 16.5 Å². The predicted molar refractivity (Wildman–Crippen MR) is 93.8 cm³/mol. The number of carbonyl (C=O) groups excluding carboxylic acids is 1. The van der Waals surface area contributed by atoms with Gasteiger partial charge in [-0.2, -0.15) is 5.26 Å². The maximum atomic E-state index is 12.9. The lowest BCUT2D eigenvalue weighted by atomic mass is 10.1. The molecule has 2 rings (SSSR count). The van der Waals surface area contributed by atoms with Crippen LogP contribution in [0.25, 0.3) is 0 Å². The summed E-state index contributed by atoms with van der Waals surface area (Å²) in [5.41, 5.74) is 1.41. The van der Waals surface area contributed by atoms with Crippen LogP contribution in [-0.2, 0) is 21.4 Å². The Labute approximate surface area is 151 Å². The Kier molecular flexibility index (Phi) is 6.44. The molecule has 0 aliphatic rings. The molecule has 2 aromatic carbocycles. The third-order valence-electron chi connectivity index (χ3n) is 3.68. The van der Waals surface area contributed by atoms with E-state index in [0.29, 0.717) is 12.1 Å². The Morgan fingerprint density at radius 2 is 1.77 bits per heavy atom. The molecule has 2 aromatic rings. The second-order valence-corrected chi connectivity index (χ2v) is 7.43. The first-order chi connectivity index (χ1) is 12.3. The van der Waals surface area contributed by atoms with Gasteiger partial charge in [-0.3, -0.25) is 4.79 Å². The van der Waals surface area contributed by atoms with Crippen molar-refractivity contribution in [1.29, 1.82) is 5.26 Å². The number of nitriles is 1. The van der Waals surface area contributed by atoms with Crippen molar-refractivity contribution in [2.24, 2.45) is 0 Å². The highest BCUT2D eigenvalue weighted by Gasteiger charge is 2.15. The number of benzene rings is 2. The van der Waals surface area contributed by atoms with Crippen molar-refractivity contribution in [1.82, 2.24) is 9.62 Å². The van der Waals surface area contributed by atoms with Gasteiger partial charge in [0.25, 0.3) is 0 Å². The minimum Gasteiger partial charge on any atom is -0.341 e. The molecule has 0 spiro atoms. The average Bonchev–Trinajstić information content (AvgIpc) is 2.62. The zero-order chi connectivity index (χ0) is 19.2. The van der Waals surface area contributed by atoms with Crippen LogP contribution in [0, 0.1) is 17.1 Å². The molecule has 1 amide bonds. The lowest BCUT2D eigenvalue weighted by Crippen LogP contribution is -2.31. The summed E-state index contributed by atoms with van der Waals surface area (Å²) in [6.45, 7) is 0.297. The number of nitrogens with zero attached hydrogens (tertiary/aromatic N) is 2. The van der Waals surface area contributed by atoms with E-state index in [-0.39, 0.29) is 23.8 Å². The van der Waals surface area contributed by atoms with Gasteiger partial charge in [-0.25, -0.2) is 17.5 Å². The Balaban J connectivity index is 1.85. The van der Waals surface area contributed by atoms with Gasteiger partial charge in [0.15, 0.2) is 0 Å². The lowest BCUT2D eigenvalue weighted by molar-refractivity contribution is -0.130. The van der Waals surface area contributed by atoms with Crippen LogP contribution in [-0.4, -0.2) is 32.8 Å². The van der Waals surface area contributed by atoms with E-state index >= 15 is 0 Å². The summed E-state index contributed by atoms with van der Waals surface area (Å²) in [6, 6.07) is 13.3. The van der Waals surface area contributed by atoms with Crippen LogP contribution < -0.4 is 4.72 Å². The molecule has 0 heterocycles. The van der Waals surface area contributed by atoms with E-state index in [4.69, 9.17) is 5.26 Å². The van der Waals surface area contributed by atoms with E-state index in [1.54, 1.807) is 31.3 Å². The maximum Gasteiger partial charge on any atom is 0.240 e. The summed E-state index contributed by atoms with van der Waals surface area (Å²) in [4.78, 5) is 13.5. The Bertz CT molecular complexity index is 904. The molecule has 8 heteroatoms. The van der Waals surface area contributed by atoms with Gasteiger partial charge in [-0.1, -0.05) is 12.1 Å². The smallest absolute Gasteiger partial charge is 0.240 e. The van der Waals surface area contributed by atoms with E-state index in [9.17, 15) is 17.6 Å². The molecule has 1 N–H and O–H groups in total. The van der Waals surface area contributed by atoms with Crippen LogP contribution in [0.1, 0.15) is 17.5 Å². The molecule has 0 atom stereocenters. The number of sulfonamides is 1. The highest BCUT2D eigenvalue weighted by Crippen LogP contribution is 2.10. The maximum absolute atomic E-state index is 12.9. The van der Waals surface area contributed by atoms with Crippen LogP contribution in [0.3, 0.4) is 0 Å². The van der Waals surface area contributed by atoms with Crippen LogP contribution in [0.4, 0.5) is 4.39 Å². The minimum atomic E-state index is -3.78. The molecule has 0 aliphatic carbocycles. The van der Waals surface area contributed by atoms with E-state index in [1.807, 2.05) is 6.07 Å². The molecule has 0 saturated heterocycles. The third kappa shape index (κ3) is 5.37. The molecule has 6 nitrogen and oxygen atoms in total. The average molecular weight is 375 g/mol. The van der Waals surface area contributed by atoms with Gasteiger partial charge in [-0.15, -0.1) is 0 Å². The summed E-state index contributed by atoms with van der Waals surface area (Å²) < 4.78 is 39.3. The van der Waals surface area contributed by atoms with Crippen molar-refractivity contribution in [3.8, 4) is 6.07 Å². The van der Waals surface area contributed by atoms with E-state index in [0.717, 1.165) is 29.8 Å². The topological polar surface area (TPSA) is 90.3 Å². The fourth-order valence-electron chi connectivity index (χ4n) is 2.23. The van der Waals surface area contributed by atoms with Crippen molar-refractivity contribution >= 4 is 15.9 Å². The Morgan fingerprint density at radius 3 is 2.35 bits per heavy atom. The number of hydrogen-bond acceptors (Lipinski definition) is 4. The summed E-state index contributed by atoms with van der Waals surface area (Å²) >= 11 is 0. The lowest BCUT2D eigenvalue weighted by Gasteiger charge is -2.17. The fourth-order valence-corrected chi connectivity index (χ4v) is 3.26. The van der Waals surface area contributed by atoms with E-state index in [1.165, 1.54) is 4.90 Å². The SMILES string of the molecule is CN(Cc1ccc(C#N)cc1)C(=O)CCNS(=O)(=O)c1ccc(F)cc1. The first-order valence-electron chi connectivity index (χ1n) is 7.80. The van der Waals surface area contributed by atoms with Crippen LogP contribution in [0.15, 0.2) is 53.4 Å². The van der Waals surface area contributed by atoms with Gasteiger partial charge in [0, 0.05) is 26.6 Å². The van der Waals surface area contributed by atoms with E-state index in [2.05, 4.69) is 4.72 Å². The molecule has 0 saturated carbocycles. The second kappa shape index (κ2) is 8.56. The zero-order valence-electron chi connectivity index (χ0n) is 14.1. The molecule has 0 aliphatic heterocycles. The quantitative estimate of drug-likeness (QED) is 0.802. The fraction of sp³-hybridized carbons (Fsp3) is 0.222. The van der Waals surface area contributed by atoms with Crippen LogP contribution in [0.5, 0.6) is 0 Å². The normalized spacial score (nSPS) is 11.0. The molecule has 0 fully saturated rings. The highest BCUT2D eigenvalue weighted by molar-refractivity contribution is 7.89.